The second kappa shape index (κ2) is 5.16. The van der Waals surface area contributed by atoms with E-state index < -0.39 is 6.04 Å². The third-order valence-electron chi connectivity index (χ3n) is 3.72. The minimum Gasteiger partial charge on any atom is -0.340 e. The van der Waals surface area contributed by atoms with Gasteiger partial charge in [0.2, 0.25) is 5.91 Å². The average Bonchev–Trinajstić information content (AvgIpc) is 3.03. The van der Waals surface area contributed by atoms with Crippen LogP contribution in [0.2, 0.25) is 0 Å². The largest absolute Gasteiger partial charge is 0.340 e. The van der Waals surface area contributed by atoms with E-state index in [0.29, 0.717) is 23.0 Å². The highest BCUT2D eigenvalue weighted by Crippen LogP contribution is 2.21. The Hall–Kier alpha value is -3.29. The molecule has 114 valence electrons. The molecule has 23 heavy (non-hydrogen) atoms. The van der Waals surface area contributed by atoms with Crippen LogP contribution in [0.15, 0.2) is 41.3 Å². The van der Waals surface area contributed by atoms with Gasteiger partial charge in [-0.2, -0.15) is 0 Å². The number of nitrogens with zero attached hydrogens (tertiary/aromatic N) is 3. The van der Waals surface area contributed by atoms with E-state index in [9.17, 15) is 9.59 Å². The van der Waals surface area contributed by atoms with Crippen LogP contribution in [-0.2, 0) is 11.2 Å². The summed E-state index contributed by atoms with van der Waals surface area (Å²) in [5, 5.41) is 12.9. The van der Waals surface area contributed by atoms with Gasteiger partial charge < -0.3 is 10.6 Å². The Kier molecular flexibility index (Phi) is 3.00. The Labute approximate surface area is 129 Å². The molecule has 1 aromatic carbocycles. The number of hydrogen-bond donors (Lipinski definition) is 2. The fourth-order valence-corrected chi connectivity index (χ4v) is 2.53. The number of hydrogen-bond acceptors (Lipinski definition) is 6. The monoisotopic (exact) mass is 309 g/mol. The van der Waals surface area contributed by atoms with E-state index in [-0.39, 0.29) is 11.8 Å². The Bertz CT molecular complexity index is 920. The zero-order chi connectivity index (χ0) is 15.8. The number of carbonyl (C=O) groups excluding carboxylic acids is 2. The molecule has 0 bridgehead atoms. The highest BCUT2D eigenvalue weighted by atomic mass is 16.6. The lowest BCUT2D eigenvalue weighted by Gasteiger charge is -2.24. The molecule has 1 aliphatic heterocycles. The predicted octanol–water partition coefficient (Wildman–Crippen LogP) is 0.911. The van der Waals surface area contributed by atoms with Gasteiger partial charge in [0.05, 0.1) is 0 Å². The molecule has 0 saturated heterocycles. The van der Waals surface area contributed by atoms with Gasteiger partial charge in [0, 0.05) is 30.1 Å². The average molecular weight is 309 g/mol. The Morgan fingerprint density at radius 3 is 3.04 bits per heavy atom. The van der Waals surface area contributed by atoms with Crippen molar-refractivity contribution >= 4 is 28.5 Å². The standard InChI is InChI=1S/C15H11N5O3/c21-14(8-1-2-11-12(5-8)20-23-19-11)18-13-6-9-7-16-4-3-10(9)17-15(13)22/h1-5,7,13H,6H2,(H,17,22)(H,18,21). The molecule has 0 fully saturated rings. The topological polar surface area (TPSA) is 110 Å². The van der Waals surface area contributed by atoms with Crippen molar-refractivity contribution in [3.8, 4) is 0 Å². The van der Waals surface area contributed by atoms with E-state index >= 15 is 0 Å². The number of amides is 2. The molecule has 3 aromatic rings. The molecule has 8 heteroatoms. The minimum atomic E-state index is -0.648. The van der Waals surface area contributed by atoms with Crippen molar-refractivity contribution in [2.24, 2.45) is 0 Å². The van der Waals surface area contributed by atoms with E-state index in [4.69, 9.17) is 0 Å². The van der Waals surface area contributed by atoms with Crippen LogP contribution in [0.4, 0.5) is 5.69 Å². The Balaban J connectivity index is 1.55. The molecule has 3 heterocycles. The van der Waals surface area contributed by atoms with Gasteiger partial charge in [0.1, 0.15) is 17.1 Å². The maximum absolute atomic E-state index is 12.4. The summed E-state index contributed by atoms with van der Waals surface area (Å²) in [6.07, 6.45) is 3.69. The van der Waals surface area contributed by atoms with Crippen LogP contribution < -0.4 is 10.6 Å². The maximum atomic E-state index is 12.4. The fourth-order valence-electron chi connectivity index (χ4n) is 2.53. The fraction of sp³-hybridized carbons (Fsp3) is 0.133. The first-order chi connectivity index (χ1) is 11.2. The predicted molar refractivity (Wildman–Crippen MR) is 79.6 cm³/mol. The van der Waals surface area contributed by atoms with Crippen molar-refractivity contribution in [1.82, 2.24) is 20.6 Å². The van der Waals surface area contributed by atoms with E-state index in [0.717, 1.165) is 11.3 Å². The zero-order valence-electron chi connectivity index (χ0n) is 11.8. The first kappa shape index (κ1) is 13.4. The smallest absolute Gasteiger partial charge is 0.252 e. The SMILES string of the molecule is O=C(NC1Cc2cnccc2NC1=O)c1ccc2nonc2c1. The molecule has 1 unspecified atom stereocenters. The number of rotatable bonds is 2. The van der Waals surface area contributed by atoms with Gasteiger partial charge in [-0.3, -0.25) is 14.6 Å². The van der Waals surface area contributed by atoms with Gasteiger partial charge in [-0.1, -0.05) is 0 Å². The number of fused-ring (bicyclic) bond motifs is 2. The van der Waals surface area contributed by atoms with Gasteiger partial charge in [-0.15, -0.1) is 0 Å². The van der Waals surface area contributed by atoms with Crippen LogP contribution >= 0.6 is 0 Å². The highest BCUT2D eigenvalue weighted by Gasteiger charge is 2.27. The van der Waals surface area contributed by atoms with Crippen LogP contribution in [0.3, 0.4) is 0 Å². The molecule has 0 radical (unpaired) electrons. The number of carbonyl (C=O) groups is 2. The Morgan fingerprint density at radius 2 is 2.13 bits per heavy atom. The molecule has 1 aliphatic rings. The van der Waals surface area contributed by atoms with Crippen LogP contribution in [0, 0.1) is 0 Å². The first-order valence-corrected chi connectivity index (χ1v) is 6.97. The molecule has 2 aromatic heterocycles. The summed E-state index contributed by atoms with van der Waals surface area (Å²) in [4.78, 5) is 28.5. The summed E-state index contributed by atoms with van der Waals surface area (Å²) in [6, 6.07) is 5.90. The summed E-state index contributed by atoms with van der Waals surface area (Å²) in [6.45, 7) is 0. The van der Waals surface area contributed by atoms with Gasteiger partial charge >= 0.3 is 0 Å². The normalized spacial score (nSPS) is 16.7. The van der Waals surface area contributed by atoms with Crippen molar-refractivity contribution < 1.29 is 14.2 Å². The molecule has 0 aliphatic carbocycles. The van der Waals surface area contributed by atoms with Crippen molar-refractivity contribution in [3.63, 3.8) is 0 Å². The molecule has 0 spiro atoms. The van der Waals surface area contributed by atoms with Gasteiger partial charge in [0.25, 0.3) is 5.91 Å². The number of nitrogens with one attached hydrogen (secondary N) is 2. The van der Waals surface area contributed by atoms with Crippen molar-refractivity contribution in [2.45, 2.75) is 12.5 Å². The van der Waals surface area contributed by atoms with Crippen LogP contribution in [0.25, 0.3) is 11.0 Å². The van der Waals surface area contributed by atoms with E-state index in [1.807, 2.05) is 0 Å². The van der Waals surface area contributed by atoms with Gasteiger partial charge in [-0.25, -0.2) is 4.63 Å². The minimum absolute atomic E-state index is 0.249. The summed E-state index contributed by atoms with van der Waals surface area (Å²) < 4.78 is 4.60. The second-order valence-corrected chi connectivity index (χ2v) is 5.22. The summed E-state index contributed by atoms with van der Waals surface area (Å²) in [5.74, 6) is -0.608. The lowest BCUT2D eigenvalue weighted by molar-refractivity contribution is -0.118. The van der Waals surface area contributed by atoms with Gasteiger partial charge in [-0.05, 0) is 40.1 Å². The quantitative estimate of drug-likeness (QED) is 0.728. The Morgan fingerprint density at radius 1 is 1.26 bits per heavy atom. The molecule has 0 saturated carbocycles. The van der Waals surface area contributed by atoms with Gasteiger partial charge in [0.15, 0.2) is 0 Å². The molecule has 2 amide bonds. The number of pyridine rings is 1. The molecule has 4 rings (SSSR count). The number of aromatic nitrogens is 3. The lowest BCUT2D eigenvalue weighted by Crippen LogP contribution is -2.47. The zero-order valence-corrected chi connectivity index (χ0v) is 11.8. The van der Waals surface area contributed by atoms with E-state index in [1.165, 1.54) is 0 Å². The molecule has 8 nitrogen and oxygen atoms in total. The third-order valence-corrected chi connectivity index (χ3v) is 3.72. The highest BCUT2D eigenvalue weighted by molar-refractivity contribution is 6.03. The summed E-state index contributed by atoms with van der Waals surface area (Å²) in [7, 11) is 0. The molecular weight excluding hydrogens is 298 g/mol. The van der Waals surface area contributed by atoms with Crippen LogP contribution in [0.5, 0.6) is 0 Å². The maximum Gasteiger partial charge on any atom is 0.252 e. The van der Waals surface area contributed by atoms with E-state index in [1.54, 1.807) is 36.7 Å². The van der Waals surface area contributed by atoms with Crippen molar-refractivity contribution in [2.75, 3.05) is 5.32 Å². The first-order valence-electron chi connectivity index (χ1n) is 6.97. The lowest BCUT2D eigenvalue weighted by atomic mass is 10.0. The van der Waals surface area contributed by atoms with E-state index in [2.05, 4.69) is 30.6 Å². The third kappa shape index (κ3) is 2.39. The molecular formula is C15H11N5O3. The van der Waals surface area contributed by atoms with Crippen LogP contribution in [0.1, 0.15) is 15.9 Å². The number of benzene rings is 1. The van der Waals surface area contributed by atoms with Crippen LogP contribution in [-0.4, -0.2) is 33.2 Å². The molecule has 1 atom stereocenters. The van der Waals surface area contributed by atoms with Crippen molar-refractivity contribution in [1.29, 1.82) is 0 Å². The van der Waals surface area contributed by atoms with Crippen molar-refractivity contribution in [3.05, 3.63) is 47.8 Å². The summed E-state index contributed by atoms with van der Waals surface area (Å²) in [5.41, 5.74) is 3.05. The molecule has 2 N–H and O–H groups in total. The number of anilines is 1. The second-order valence-electron chi connectivity index (χ2n) is 5.22. The summed E-state index contributed by atoms with van der Waals surface area (Å²) >= 11 is 0.